The number of carboxylic acid groups (broad SMARTS) is 1. The van der Waals surface area contributed by atoms with Crippen molar-refractivity contribution in [1.82, 2.24) is 5.32 Å². The molecular weight excluding hydrogens is 342 g/mol. The highest BCUT2D eigenvalue weighted by Gasteiger charge is 2.50. The number of rotatable bonds is 7. The van der Waals surface area contributed by atoms with Gasteiger partial charge in [-0.15, -0.1) is 0 Å². The number of para-hydroxylation sites is 1. The van der Waals surface area contributed by atoms with Crippen LogP contribution in [-0.4, -0.2) is 23.5 Å². The summed E-state index contributed by atoms with van der Waals surface area (Å²) in [6.45, 7) is 0.438. The lowest BCUT2D eigenvalue weighted by molar-refractivity contribution is -0.143. The van der Waals surface area contributed by atoms with Crippen LogP contribution in [0.1, 0.15) is 28.8 Å². The SMILES string of the molecule is O=C(NCC1(C(=O)O)CC1)c1ccccc1OCc1ccc(Cl)cc1. The molecule has 0 heterocycles. The molecule has 3 rings (SSSR count). The predicted molar refractivity (Wildman–Crippen MR) is 93.9 cm³/mol. The zero-order valence-electron chi connectivity index (χ0n) is 13.5. The topological polar surface area (TPSA) is 75.6 Å². The van der Waals surface area contributed by atoms with E-state index in [4.69, 9.17) is 16.3 Å². The molecule has 1 aliphatic rings. The molecule has 0 aliphatic heterocycles. The Balaban J connectivity index is 1.64. The third-order valence-electron chi connectivity index (χ3n) is 4.33. The average Bonchev–Trinajstić information content (AvgIpc) is 3.41. The summed E-state index contributed by atoms with van der Waals surface area (Å²) in [5.41, 5.74) is 0.523. The second kappa shape index (κ2) is 7.15. The molecule has 6 heteroatoms. The summed E-state index contributed by atoms with van der Waals surface area (Å²) in [6, 6.07) is 14.2. The van der Waals surface area contributed by atoms with Gasteiger partial charge < -0.3 is 15.2 Å². The van der Waals surface area contributed by atoms with Crippen molar-refractivity contribution in [3.63, 3.8) is 0 Å². The zero-order chi connectivity index (χ0) is 17.9. The van der Waals surface area contributed by atoms with Gasteiger partial charge in [0.2, 0.25) is 0 Å². The third-order valence-corrected chi connectivity index (χ3v) is 4.59. The van der Waals surface area contributed by atoms with E-state index in [1.165, 1.54) is 0 Å². The number of carbonyl (C=O) groups excluding carboxylic acids is 1. The van der Waals surface area contributed by atoms with Crippen molar-refractivity contribution >= 4 is 23.5 Å². The van der Waals surface area contributed by atoms with E-state index >= 15 is 0 Å². The van der Waals surface area contributed by atoms with E-state index < -0.39 is 11.4 Å². The number of nitrogens with one attached hydrogen (secondary N) is 1. The minimum atomic E-state index is -0.861. The lowest BCUT2D eigenvalue weighted by Crippen LogP contribution is -2.34. The fourth-order valence-electron chi connectivity index (χ4n) is 2.48. The Hall–Kier alpha value is -2.53. The number of halogens is 1. The number of carboxylic acids is 1. The van der Waals surface area contributed by atoms with Gasteiger partial charge >= 0.3 is 5.97 Å². The van der Waals surface area contributed by atoms with Crippen LogP contribution in [0.5, 0.6) is 5.75 Å². The van der Waals surface area contributed by atoms with Crippen LogP contribution in [0.4, 0.5) is 0 Å². The molecule has 2 aromatic carbocycles. The van der Waals surface area contributed by atoms with Gasteiger partial charge in [-0.2, -0.15) is 0 Å². The average molecular weight is 360 g/mol. The van der Waals surface area contributed by atoms with Crippen LogP contribution < -0.4 is 10.1 Å². The molecule has 5 nitrogen and oxygen atoms in total. The monoisotopic (exact) mass is 359 g/mol. The van der Waals surface area contributed by atoms with Crippen LogP contribution in [0.25, 0.3) is 0 Å². The smallest absolute Gasteiger partial charge is 0.311 e. The number of hydrogen-bond donors (Lipinski definition) is 2. The fraction of sp³-hybridized carbons (Fsp3) is 0.263. The maximum atomic E-state index is 12.4. The molecule has 1 aliphatic carbocycles. The molecule has 0 bridgehead atoms. The normalized spacial score (nSPS) is 14.6. The van der Waals surface area contributed by atoms with Gasteiger partial charge in [0.25, 0.3) is 5.91 Å². The summed E-state index contributed by atoms with van der Waals surface area (Å²) < 4.78 is 5.76. The summed E-state index contributed by atoms with van der Waals surface area (Å²) in [5, 5.41) is 12.5. The molecule has 1 fully saturated rings. The van der Waals surface area contributed by atoms with Crippen molar-refractivity contribution in [2.24, 2.45) is 5.41 Å². The van der Waals surface area contributed by atoms with Crippen LogP contribution in [0.15, 0.2) is 48.5 Å². The Bertz CT molecular complexity index is 784. The van der Waals surface area contributed by atoms with Gasteiger partial charge in [0.1, 0.15) is 12.4 Å². The Morgan fingerprint density at radius 1 is 1.12 bits per heavy atom. The van der Waals surface area contributed by atoms with E-state index in [1.54, 1.807) is 36.4 Å². The Kier molecular flexibility index (Phi) is 4.95. The first-order chi connectivity index (χ1) is 12.0. The molecule has 0 saturated heterocycles. The highest BCUT2D eigenvalue weighted by molar-refractivity contribution is 6.30. The Morgan fingerprint density at radius 2 is 1.80 bits per heavy atom. The summed E-state index contributed by atoms with van der Waals surface area (Å²) in [6.07, 6.45) is 1.19. The van der Waals surface area contributed by atoms with Crippen molar-refractivity contribution in [2.75, 3.05) is 6.54 Å². The second-order valence-electron chi connectivity index (χ2n) is 6.18. The standard InChI is InChI=1S/C19H18ClNO4/c20-14-7-5-13(6-8-14)11-25-16-4-2-1-3-15(16)17(22)21-12-19(9-10-19)18(23)24/h1-8H,9-12H2,(H,21,22)(H,23,24). The summed E-state index contributed by atoms with van der Waals surface area (Å²) in [4.78, 5) is 23.6. The van der Waals surface area contributed by atoms with Crippen LogP contribution in [0.2, 0.25) is 5.02 Å². The molecular formula is C19H18ClNO4. The number of aliphatic carboxylic acids is 1. The Labute approximate surface area is 150 Å². The third kappa shape index (κ3) is 4.12. The summed E-state index contributed by atoms with van der Waals surface area (Å²) >= 11 is 5.86. The molecule has 0 spiro atoms. The van der Waals surface area contributed by atoms with Crippen LogP contribution in [-0.2, 0) is 11.4 Å². The molecule has 1 saturated carbocycles. The maximum Gasteiger partial charge on any atom is 0.311 e. The summed E-state index contributed by atoms with van der Waals surface area (Å²) in [7, 11) is 0. The molecule has 0 radical (unpaired) electrons. The second-order valence-corrected chi connectivity index (χ2v) is 6.62. The van der Waals surface area contributed by atoms with Crippen molar-refractivity contribution in [3.8, 4) is 5.75 Å². The van der Waals surface area contributed by atoms with Gasteiger partial charge in [-0.25, -0.2) is 0 Å². The van der Waals surface area contributed by atoms with Crippen molar-refractivity contribution in [1.29, 1.82) is 0 Å². The highest BCUT2D eigenvalue weighted by atomic mass is 35.5. The molecule has 0 unspecified atom stereocenters. The molecule has 25 heavy (non-hydrogen) atoms. The van der Waals surface area contributed by atoms with E-state index in [2.05, 4.69) is 5.32 Å². The first-order valence-electron chi connectivity index (χ1n) is 7.98. The number of benzene rings is 2. The van der Waals surface area contributed by atoms with Crippen LogP contribution >= 0.6 is 11.6 Å². The largest absolute Gasteiger partial charge is 0.488 e. The van der Waals surface area contributed by atoms with Crippen molar-refractivity contribution in [3.05, 3.63) is 64.7 Å². The minimum absolute atomic E-state index is 0.132. The van der Waals surface area contributed by atoms with E-state index in [1.807, 2.05) is 12.1 Å². The van der Waals surface area contributed by atoms with Gasteiger partial charge in [0.15, 0.2) is 0 Å². The number of ether oxygens (including phenoxy) is 1. The van der Waals surface area contributed by atoms with Crippen molar-refractivity contribution < 1.29 is 19.4 Å². The molecule has 0 aromatic heterocycles. The molecule has 130 valence electrons. The lowest BCUT2D eigenvalue weighted by Gasteiger charge is -2.14. The predicted octanol–water partition coefficient (Wildman–Crippen LogP) is 3.51. The molecule has 2 N–H and O–H groups in total. The fourth-order valence-corrected chi connectivity index (χ4v) is 2.61. The highest BCUT2D eigenvalue weighted by Crippen LogP contribution is 2.45. The van der Waals surface area contributed by atoms with E-state index in [0.29, 0.717) is 35.8 Å². The van der Waals surface area contributed by atoms with Gasteiger partial charge in [-0.05, 0) is 42.7 Å². The van der Waals surface area contributed by atoms with Crippen molar-refractivity contribution in [2.45, 2.75) is 19.4 Å². The maximum absolute atomic E-state index is 12.4. The number of carbonyl (C=O) groups is 2. The van der Waals surface area contributed by atoms with Gasteiger partial charge in [0.05, 0.1) is 11.0 Å². The lowest BCUT2D eigenvalue weighted by atomic mass is 10.1. The first kappa shape index (κ1) is 17.3. The Morgan fingerprint density at radius 3 is 2.44 bits per heavy atom. The first-order valence-corrected chi connectivity index (χ1v) is 8.36. The van der Waals surface area contributed by atoms with Crippen LogP contribution in [0.3, 0.4) is 0 Å². The van der Waals surface area contributed by atoms with E-state index in [9.17, 15) is 14.7 Å². The molecule has 2 aromatic rings. The summed E-state index contributed by atoms with van der Waals surface area (Å²) in [5.74, 6) is -0.741. The van der Waals surface area contributed by atoms with Crippen LogP contribution in [0, 0.1) is 5.41 Å². The van der Waals surface area contributed by atoms with Gasteiger partial charge in [-0.3, -0.25) is 9.59 Å². The quantitative estimate of drug-likeness (QED) is 0.793. The van der Waals surface area contributed by atoms with E-state index in [-0.39, 0.29) is 12.5 Å². The minimum Gasteiger partial charge on any atom is -0.488 e. The number of amides is 1. The van der Waals surface area contributed by atoms with Gasteiger partial charge in [-0.1, -0.05) is 35.9 Å². The molecule has 0 atom stereocenters. The van der Waals surface area contributed by atoms with E-state index in [0.717, 1.165) is 5.56 Å². The number of hydrogen-bond acceptors (Lipinski definition) is 3. The zero-order valence-corrected chi connectivity index (χ0v) is 14.3. The molecule has 1 amide bonds. The van der Waals surface area contributed by atoms with Gasteiger partial charge in [0, 0.05) is 11.6 Å².